The number of nitrogens with two attached hydrogens (primary N) is 1. The van der Waals surface area contributed by atoms with E-state index in [1.165, 1.54) is 12.1 Å². The van der Waals surface area contributed by atoms with E-state index in [0.29, 0.717) is 35.5 Å². The lowest BCUT2D eigenvalue weighted by Gasteiger charge is -2.33. The van der Waals surface area contributed by atoms with Gasteiger partial charge >= 0.3 is 5.97 Å². The quantitative estimate of drug-likeness (QED) is 0.724. The number of primary sulfonamides is 1. The highest BCUT2D eigenvalue weighted by Gasteiger charge is 2.41. The Morgan fingerprint density at radius 1 is 1.25 bits per heavy atom. The van der Waals surface area contributed by atoms with Gasteiger partial charge in [0, 0.05) is 5.56 Å². The third-order valence-corrected chi connectivity index (χ3v) is 6.32. The molecule has 0 aromatic heterocycles. The lowest BCUT2D eigenvalue weighted by Crippen LogP contribution is -2.56. The molecule has 1 aromatic rings. The monoisotopic (exact) mass is 372 g/mol. The largest absolute Gasteiger partial charge is 0.480 e. The minimum atomic E-state index is -3.98. The van der Waals surface area contributed by atoms with E-state index in [1.807, 2.05) is 0 Å². The number of aliphatic carboxylic acids is 1. The molecule has 24 heavy (non-hydrogen) atoms. The van der Waals surface area contributed by atoms with Crippen LogP contribution >= 0.6 is 11.8 Å². The first-order valence-electron chi connectivity index (χ1n) is 7.34. The smallest absolute Gasteiger partial charge is 0.329 e. The van der Waals surface area contributed by atoms with Gasteiger partial charge in [0.05, 0.1) is 4.90 Å². The van der Waals surface area contributed by atoms with Gasteiger partial charge < -0.3 is 10.4 Å². The van der Waals surface area contributed by atoms with Gasteiger partial charge in [-0.3, -0.25) is 4.79 Å². The number of nitrogens with one attached hydrogen (secondary N) is 1. The summed E-state index contributed by atoms with van der Waals surface area (Å²) in [6.07, 6.45) is 0.650. The first kappa shape index (κ1) is 18.8. The van der Waals surface area contributed by atoms with Crippen LogP contribution in [0.25, 0.3) is 0 Å². The molecule has 0 radical (unpaired) electrons. The molecule has 0 spiro atoms. The number of amides is 1. The number of rotatable bonds is 4. The van der Waals surface area contributed by atoms with Crippen molar-refractivity contribution in [1.82, 2.24) is 5.32 Å². The molecule has 1 fully saturated rings. The van der Waals surface area contributed by atoms with Crippen LogP contribution in [0.2, 0.25) is 0 Å². The van der Waals surface area contributed by atoms with Crippen LogP contribution in [0.3, 0.4) is 0 Å². The van der Waals surface area contributed by atoms with Gasteiger partial charge in [0.1, 0.15) is 5.54 Å². The summed E-state index contributed by atoms with van der Waals surface area (Å²) in [7, 11) is -3.98. The molecule has 1 aromatic carbocycles. The molecule has 9 heteroatoms. The number of thioether (sulfide) groups is 1. The van der Waals surface area contributed by atoms with Crippen molar-refractivity contribution in [3.63, 3.8) is 0 Å². The summed E-state index contributed by atoms with van der Waals surface area (Å²) in [5.41, 5.74) is -0.171. The molecular formula is C15H20N2O5S2. The lowest BCUT2D eigenvalue weighted by atomic mass is 9.91. The second-order valence-electron chi connectivity index (χ2n) is 5.92. The highest BCUT2D eigenvalue weighted by atomic mass is 32.2. The molecule has 132 valence electrons. The molecule has 0 unspecified atom stereocenters. The Hall–Kier alpha value is -1.58. The third kappa shape index (κ3) is 3.73. The van der Waals surface area contributed by atoms with Gasteiger partial charge in [-0.15, -0.1) is 0 Å². The number of hydrogen-bond donors (Lipinski definition) is 3. The molecule has 7 nitrogen and oxygen atoms in total. The number of sulfonamides is 1. The molecule has 0 aliphatic carbocycles. The molecule has 0 atom stereocenters. The molecule has 1 saturated heterocycles. The van der Waals surface area contributed by atoms with Gasteiger partial charge in [0.15, 0.2) is 0 Å². The van der Waals surface area contributed by atoms with Gasteiger partial charge in [-0.25, -0.2) is 18.4 Å². The average Bonchev–Trinajstić information content (AvgIpc) is 2.49. The van der Waals surface area contributed by atoms with Gasteiger partial charge in [-0.05, 0) is 61.5 Å². The van der Waals surface area contributed by atoms with Crippen LogP contribution in [0.15, 0.2) is 17.0 Å². The topological polar surface area (TPSA) is 127 Å². The first-order chi connectivity index (χ1) is 11.1. The van der Waals surface area contributed by atoms with E-state index >= 15 is 0 Å². The van der Waals surface area contributed by atoms with Gasteiger partial charge in [0.25, 0.3) is 5.91 Å². The van der Waals surface area contributed by atoms with E-state index < -0.39 is 27.4 Å². The Morgan fingerprint density at radius 2 is 1.83 bits per heavy atom. The zero-order valence-corrected chi connectivity index (χ0v) is 15.1. The summed E-state index contributed by atoms with van der Waals surface area (Å²) in [4.78, 5) is 24.1. The second-order valence-corrected chi connectivity index (χ2v) is 8.67. The molecule has 4 N–H and O–H groups in total. The lowest BCUT2D eigenvalue weighted by molar-refractivity contribution is -0.144. The second kappa shape index (κ2) is 6.73. The Morgan fingerprint density at radius 3 is 2.33 bits per heavy atom. The van der Waals surface area contributed by atoms with Gasteiger partial charge in [-0.1, -0.05) is 0 Å². The van der Waals surface area contributed by atoms with E-state index in [9.17, 15) is 23.1 Å². The molecule has 1 aliphatic heterocycles. The Bertz CT molecular complexity index is 783. The van der Waals surface area contributed by atoms with Crippen molar-refractivity contribution in [3.8, 4) is 0 Å². The van der Waals surface area contributed by atoms with Crippen LogP contribution in [-0.2, 0) is 14.8 Å². The molecule has 1 aliphatic rings. The van der Waals surface area contributed by atoms with E-state index in [4.69, 9.17) is 5.14 Å². The van der Waals surface area contributed by atoms with Crippen LogP contribution in [0.4, 0.5) is 0 Å². The molecule has 1 amide bonds. The highest BCUT2D eigenvalue weighted by Crippen LogP contribution is 2.28. The zero-order chi connectivity index (χ0) is 18.1. The summed E-state index contributed by atoms with van der Waals surface area (Å²) in [5.74, 6) is -0.409. The van der Waals surface area contributed by atoms with E-state index in [1.54, 1.807) is 25.6 Å². The van der Waals surface area contributed by atoms with Crippen molar-refractivity contribution in [2.24, 2.45) is 5.14 Å². The molecule has 2 rings (SSSR count). The van der Waals surface area contributed by atoms with Crippen molar-refractivity contribution in [2.75, 3.05) is 11.5 Å². The number of carboxylic acid groups (broad SMARTS) is 1. The number of carbonyl (C=O) groups excluding carboxylic acids is 1. The number of carboxylic acids is 1. The molecule has 1 heterocycles. The van der Waals surface area contributed by atoms with E-state index in [2.05, 4.69) is 5.32 Å². The van der Waals surface area contributed by atoms with Crippen molar-refractivity contribution in [2.45, 2.75) is 37.1 Å². The minimum Gasteiger partial charge on any atom is -0.480 e. The van der Waals surface area contributed by atoms with Crippen LogP contribution in [0.1, 0.15) is 34.3 Å². The Kier molecular flexibility index (Phi) is 5.26. The fraction of sp³-hybridized carbons (Fsp3) is 0.467. The first-order valence-corrected chi connectivity index (χ1v) is 10.0. The van der Waals surface area contributed by atoms with Gasteiger partial charge in [-0.2, -0.15) is 11.8 Å². The minimum absolute atomic E-state index is 0.0842. The molecule has 0 saturated carbocycles. The maximum absolute atomic E-state index is 12.5. The van der Waals surface area contributed by atoms with Crippen molar-refractivity contribution >= 4 is 33.7 Å². The summed E-state index contributed by atoms with van der Waals surface area (Å²) in [5, 5.41) is 17.3. The average molecular weight is 372 g/mol. The van der Waals surface area contributed by atoms with Crippen LogP contribution < -0.4 is 10.5 Å². The third-order valence-electron chi connectivity index (χ3n) is 4.30. The predicted molar refractivity (Wildman–Crippen MR) is 91.7 cm³/mol. The standard InChI is InChI=1S/C15H20N2O5S2/c1-9-7-11(8-12(10(9)2)24(16,21)22)13(18)17-15(14(19)20)3-5-23-6-4-15/h7-8H,3-6H2,1-2H3,(H,17,18)(H,19,20)(H2,16,21,22). The Balaban J connectivity index is 2.39. The summed E-state index contributed by atoms with van der Waals surface area (Å²) < 4.78 is 23.4. The SMILES string of the molecule is Cc1cc(C(=O)NC2(C(=O)O)CCSCC2)cc(S(N)(=O)=O)c1C. The predicted octanol–water partition coefficient (Wildman–Crippen LogP) is 1.03. The van der Waals surface area contributed by atoms with Crippen molar-refractivity contribution in [1.29, 1.82) is 0 Å². The summed E-state index contributed by atoms with van der Waals surface area (Å²) in [6, 6.07) is 2.73. The number of aryl methyl sites for hydroxylation is 1. The highest BCUT2D eigenvalue weighted by molar-refractivity contribution is 7.99. The van der Waals surface area contributed by atoms with Crippen LogP contribution in [0.5, 0.6) is 0 Å². The van der Waals surface area contributed by atoms with Crippen LogP contribution in [0, 0.1) is 13.8 Å². The summed E-state index contributed by atoms with van der Waals surface area (Å²) >= 11 is 1.64. The van der Waals surface area contributed by atoms with Crippen molar-refractivity contribution in [3.05, 3.63) is 28.8 Å². The number of hydrogen-bond acceptors (Lipinski definition) is 5. The maximum atomic E-state index is 12.5. The zero-order valence-electron chi connectivity index (χ0n) is 13.5. The maximum Gasteiger partial charge on any atom is 0.329 e. The normalized spacial score (nSPS) is 17.3. The number of carbonyl (C=O) groups is 2. The van der Waals surface area contributed by atoms with E-state index in [-0.39, 0.29) is 10.5 Å². The number of benzene rings is 1. The fourth-order valence-corrected chi connectivity index (χ4v) is 4.72. The summed E-state index contributed by atoms with van der Waals surface area (Å²) in [6.45, 7) is 3.28. The fourth-order valence-electron chi connectivity index (χ4n) is 2.66. The van der Waals surface area contributed by atoms with Crippen LogP contribution in [-0.4, -0.2) is 42.4 Å². The molecule has 0 bridgehead atoms. The Labute approximate surface area is 145 Å². The van der Waals surface area contributed by atoms with E-state index in [0.717, 1.165) is 0 Å². The van der Waals surface area contributed by atoms with Crippen molar-refractivity contribution < 1.29 is 23.1 Å². The molecular weight excluding hydrogens is 352 g/mol. The van der Waals surface area contributed by atoms with Gasteiger partial charge in [0.2, 0.25) is 10.0 Å².